The van der Waals surface area contributed by atoms with E-state index in [1.165, 1.54) is 0 Å². The predicted octanol–water partition coefficient (Wildman–Crippen LogP) is 2.09. The van der Waals surface area contributed by atoms with Crippen molar-refractivity contribution in [3.63, 3.8) is 0 Å². The van der Waals surface area contributed by atoms with E-state index in [2.05, 4.69) is 9.97 Å². The molecule has 2 heterocycles. The number of carboxylic acids is 1. The molecule has 0 amide bonds. The Morgan fingerprint density at radius 3 is 2.95 bits per heavy atom. The van der Waals surface area contributed by atoms with E-state index in [9.17, 15) is 9.90 Å². The molecular formula is C14H12N2O3. The minimum absolute atomic E-state index is 0.0407. The first-order valence-electron chi connectivity index (χ1n) is 5.99. The number of aryl methyl sites for hydroxylation is 1. The third-order valence-electron chi connectivity index (χ3n) is 3.04. The standard InChI is InChI=1S/C14H12N2O3/c1-8-3-2-4-9(7-8)12-15-11(14(17)18)10-5-6-19-13(10)16-12/h2-4,7H,5-6H2,1H3,(H,17,18). The molecule has 1 aliphatic rings. The van der Waals surface area contributed by atoms with Gasteiger partial charge in [0.05, 0.1) is 12.2 Å². The Morgan fingerprint density at radius 2 is 2.21 bits per heavy atom. The summed E-state index contributed by atoms with van der Waals surface area (Å²) in [5.74, 6) is -0.260. The number of hydrogen-bond donors (Lipinski definition) is 1. The van der Waals surface area contributed by atoms with Crippen molar-refractivity contribution in [2.45, 2.75) is 13.3 Å². The molecule has 5 nitrogen and oxygen atoms in total. The molecule has 1 aromatic carbocycles. The average molecular weight is 256 g/mol. The Bertz CT molecular complexity index is 668. The third-order valence-corrected chi connectivity index (χ3v) is 3.04. The molecule has 0 radical (unpaired) electrons. The number of nitrogens with zero attached hydrogens (tertiary/aromatic N) is 2. The highest BCUT2D eigenvalue weighted by Gasteiger charge is 2.24. The highest BCUT2D eigenvalue weighted by molar-refractivity contribution is 5.88. The van der Waals surface area contributed by atoms with Crippen LogP contribution in [0.5, 0.6) is 5.88 Å². The van der Waals surface area contributed by atoms with Gasteiger partial charge in [-0.25, -0.2) is 9.78 Å². The average Bonchev–Trinajstić information content (AvgIpc) is 2.85. The number of carboxylic acid groups (broad SMARTS) is 1. The van der Waals surface area contributed by atoms with Crippen molar-refractivity contribution < 1.29 is 14.6 Å². The molecule has 0 saturated carbocycles. The van der Waals surface area contributed by atoms with Crippen LogP contribution in [0.15, 0.2) is 24.3 Å². The summed E-state index contributed by atoms with van der Waals surface area (Å²) >= 11 is 0. The number of benzene rings is 1. The largest absolute Gasteiger partial charge is 0.477 e. The van der Waals surface area contributed by atoms with Gasteiger partial charge >= 0.3 is 5.97 Å². The van der Waals surface area contributed by atoms with E-state index in [0.29, 0.717) is 30.3 Å². The SMILES string of the molecule is Cc1cccc(-c2nc3c(c(C(=O)O)n2)CCO3)c1. The number of hydrogen-bond acceptors (Lipinski definition) is 4. The van der Waals surface area contributed by atoms with Crippen molar-refractivity contribution in [1.82, 2.24) is 9.97 Å². The van der Waals surface area contributed by atoms with Crippen molar-refractivity contribution in [1.29, 1.82) is 0 Å². The topological polar surface area (TPSA) is 72.3 Å². The number of fused-ring (bicyclic) bond motifs is 1. The molecule has 2 aromatic rings. The first kappa shape index (κ1) is 11.6. The zero-order valence-corrected chi connectivity index (χ0v) is 10.4. The van der Waals surface area contributed by atoms with E-state index in [-0.39, 0.29) is 5.69 Å². The molecule has 96 valence electrons. The van der Waals surface area contributed by atoms with E-state index < -0.39 is 5.97 Å². The second-order valence-corrected chi connectivity index (χ2v) is 4.45. The lowest BCUT2D eigenvalue weighted by Crippen LogP contribution is -2.07. The normalized spacial score (nSPS) is 12.9. The minimum atomic E-state index is -1.04. The van der Waals surface area contributed by atoms with Crippen LogP contribution in [0.2, 0.25) is 0 Å². The fourth-order valence-corrected chi connectivity index (χ4v) is 2.15. The lowest BCUT2D eigenvalue weighted by atomic mass is 10.1. The van der Waals surface area contributed by atoms with Crippen LogP contribution in [0, 0.1) is 6.92 Å². The van der Waals surface area contributed by atoms with Gasteiger partial charge in [-0.05, 0) is 13.0 Å². The fraction of sp³-hybridized carbons (Fsp3) is 0.214. The van der Waals surface area contributed by atoms with E-state index >= 15 is 0 Å². The van der Waals surface area contributed by atoms with Gasteiger partial charge in [0.25, 0.3) is 0 Å². The molecule has 0 saturated heterocycles. The molecule has 1 N–H and O–H groups in total. The summed E-state index contributed by atoms with van der Waals surface area (Å²) in [6.07, 6.45) is 0.547. The molecule has 19 heavy (non-hydrogen) atoms. The lowest BCUT2D eigenvalue weighted by Gasteiger charge is -2.06. The van der Waals surface area contributed by atoms with Gasteiger partial charge in [-0.15, -0.1) is 0 Å². The summed E-state index contributed by atoms with van der Waals surface area (Å²) in [6, 6.07) is 7.63. The smallest absolute Gasteiger partial charge is 0.355 e. The molecule has 0 spiro atoms. The maximum absolute atomic E-state index is 11.3. The van der Waals surface area contributed by atoms with E-state index in [4.69, 9.17) is 4.74 Å². The van der Waals surface area contributed by atoms with Gasteiger partial charge in [0, 0.05) is 12.0 Å². The molecule has 5 heteroatoms. The predicted molar refractivity (Wildman–Crippen MR) is 68.4 cm³/mol. The molecule has 0 fully saturated rings. The second kappa shape index (κ2) is 4.35. The summed E-state index contributed by atoms with van der Waals surface area (Å²) in [7, 11) is 0. The molecule has 0 bridgehead atoms. The maximum Gasteiger partial charge on any atom is 0.355 e. The first-order chi connectivity index (χ1) is 9.15. The summed E-state index contributed by atoms with van der Waals surface area (Å²) in [5.41, 5.74) is 2.49. The van der Waals surface area contributed by atoms with Crippen molar-refractivity contribution in [3.05, 3.63) is 41.1 Å². The monoisotopic (exact) mass is 256 g/mol. The summed E-state index contributed by atoms with van der Waals surface area (Å²) in [5, 5.41) is 9.23. The van der Waals surface area contributed by atoms with Crippen LogP contribution in [0.4, 0.5) is 0 Å². The van der Waals surface area contributed by atoms with Gasteiger partial charge < -0.3 is 9.84 Å². The molecule has 0 atom stereocenters. The summed E-state index contributed by atoms with van der Waals surface area (Å²) < 4.78 is 5.37. The van der Waals surface area contributed by atoms with Crippen LogP contribution >= 0.6 is 0 Å². The van der Waals surface area contributed by atoms with E-state index in [1.807, 2.05) is 31.2 Å². The molecular weight excluding hydrogens is 244 g/mol. The lowest BCUT2D eigenvalue weighted by molar-refractivity contribution is 0.0689. The van der Waals surface area contributed by atoms with Gasteiger partial charge in [-0.1, -0.05) is 23.8 Å². The number of aromatic carboxylic acids is 1. The number of rotatable bonds is 2. The van der Waals surface area contributed by atoms with Crippen LogP contribution in [0.1, 0.15) is 21.6 Å². The van der Waals surface area contributed by atoms with Gasteiger partial charge in [0.1, 0.15) is 0 Å². The van der Waals surface area contributed by atoms with Crippen molar-refractivity contribution in [2.75, 3.05) is 6.61 Å². The highest BCUT2D eigenvalue weighted by atomic mass is 16.5. The van der Waals surface area contributed by atoms with Gasteiger partial charge in [0.2, 0.25) is 5.88 Å². The second-order valence-electron chi connectivity index (χ2n) is 4.45. The van der Waals surface area contributed by atoms with Crippen LogP contribution in [0.25, 0.3) is 11.4 Å². The summed E-state index contributed by atoms with van der Waals surface area (Å²) in [6.45, 7) is 2.42. The number of carbonyl (C=O) groups is 1. The Balaban J connectivity index is 2.18. The van der Waals surface area contributed by atoms with Crippen molar-refractivity contribution in [2.24, 2.45) is 0 Å². The molecule has 1 aliphatic heterocycles. The zero-order chi connectivity index (χ0) is 13.4. The van der Waals surface area contributed by atoms with Crippen LogP contribution in [-0.4, -0.2) is 27.7 Å². The highest BCUT2D eigenvalue weighted by Crippen LogP contribution is 2.28. The van der Waals surface area contributed by atoms with Crippen molar-refractivity contribution >= 4 is 5.97 Å². The quantitative estimate of drug-likeness (QED) is 0.890. The Morgan fingerprint density at radius 1 is 1.37 bits per heavy atom. The Hall–Kier alpha value is -2.43. The molecule has 1 aromatic heterocycles. The minimum Gasteiger partial charge on any atom is -0.477 e. The number of aromatic nitrogens is 2. The fourth-order valence-electron chi connectivity index (χ4n) is 2.15. The van der Waals surface area contributed by atoms with E-state index in [0.717, 1.165) is 11.1 Å². The van der Waals surface area contributed by atoms with Crippen molar-refractivity contribution in [3.8, 4) is 17.3 Å². The van der Waals surface area contributed by atoms with Crippen LogP contribution < -0.4 is 4.74 Å². The number of ether oxygens (including phenoxy) is 1. The van der Waals surface area contributed by atoms with Gasteiger partial charge in [-0.2, -0.15) is 4.98 Å². The van der Waals surface area contributed by atoms with E-state index in [1.54, 1.807) is 0 Å². The van der Waals surface area contributed by atoms with Crippen LogP contribution in [-0.2, 0) is 6.42 Å². The molecule has 3 rings (SSSR count). The maximum atomic E-state index is 11.3. The third kappa shape index (κ3) is 2.03. The molecule has 0 unspecified atom stereocenters. The van der Waals surface area contributed by atoms with Crippen LogP contribution in [0.3, 0.4) is 0 Å². The summed E-state index contributed by atoms with van der Waals surface area (Å²) in [4.78, 5) is 19.7. The first-order valence-corrected chi connectivity index (χ1v) is 5.99. The Kier molecular flexibility index (Phi) is 2.67. The zero-order valence-electron chi connectivity index (χ0n) is 10.4. The Labute approximate surface area is 109 Å². The molecule has 0 aliphatic carbocycles. The van der Waals surface area contributed by atoms with Gasteiger partial charge in [-0.3, -0.25) is 0 Å². The van der Waals surface area contributed by atoms with Gasteiger partial charge in [0.15, 0.2) is 11.5 Å².